The summed E-state index contributed by atoms with van der Waals surface area (Å²) in [5.41, 5.74) is 2.58. The van der Waals surface area contributed by atoms with Gasteiger partial charge in [-0.3, -0.25) is 14.9 Å². The summed E-state index contributed by atoms with van der Waals surface area (Å²) in [5.74, 6) is -0.453. The number of nitrogens with one attached hydrogen (secondary N) is 2. The first-order valence-electron chi connectivity index (χ1n) is 10.6. The lowest BCUT2D eigenvalue weighted by Gasteiger charge is -2.32. The van der Waals surface area contributed by atoms with E-state index in [0.717, 1.165) is 30.4 Å². The van der Waals surface area contributed by atoms with Gasteiger partial charge >= 0.3 is 6.03 Å². The fourth-order valence-corrected chi connectivity index (χ4v) is 3.75. The molecule has 31 heavy (non-hydrogen) atoms. The third kappa shape index (κ3) is 6.28. The van der Waals surface area contributed by atoms with Gasteiger partial charge in [0.25, 0.3) is 5.91 Å². The minimum Gasteiger partial charge on any atom is -0.381 e. The van der Waals surface area contributed by atoms with Crippen molar-refractivity contribution in [2.24, 2.45) is 0 Å². The molecule has 0 aromatic heterocycles. The third-order valence-corrected chi connectivity index (χ3v) is 5.46. The van der Waals surface area contributed by atoms with Crippen molar-refractivity contribution in [1.29, 1.82) is 0 Å². The molecule has 2 rings (SSSR count). The highest BCUT2D eigenvalue weighted by Crippen LogP contribution is 2.27. The Kier molecular flexibility index (Phi) is 9.00. The van der Waals surface area contributed by atoms with Crippen LogP contribution >= 0.6 is 0 Å². The summed E-state index contributed by atoms with van der Waals surface area (Å²) in [5, 5.41) is 5.12. The second-order valence-electron chi connectivity index (χ2n) is 7.91. The number of carbonyl (C=O) groups excluding carboxylic acids is 3. The molecule has 1 fully saturated rings. The van der Waals surface area contributed by atoms with Crippen LogP contribution in [0.2, 0.25) is 0 Å². The average Bonchev–Trinajstić information content (AvgIpc) is 2.88. The maximum Gasteiger partial charge on any atom is 0.322 e. The Morgan fingerprint density at radius 2 is 2.06 bits per heavy atom. The highest BCUT2D eigenvalue weighted by atomic mass is 16.5. The van der Waals surface area contributed by atoms with Crippen LogP contribution in [-0.4, -0.2) is 55.6 Å². The molecule has 7 heteroatoms. The summed E-state index contributed by atoms with van der Waals surface area (Å²) in [6, 6.07) is -0.558. The topological polar surface area (TPSA) is 87.7 Å². The number of amides is 4. The summed E-state index contributed by atoms with van der Waals surface area (Å²) in [6.45, 7) is 6.95. The Hall–Kier alpha value is -2.93. The second kappa shape index (κ2) is 11.5. The lowest BCUT2D eigenvalue weighted by Crippen LogP contribution is -2.56. The monoisotopic (exact) mass is 427 g/mol. The molecule has 0 aromatic carbocycles. The molecule has 1 heterocycles. The van der Waals surface area contributed by atoms with Crippen LogP contribution in [0.5, 0.6) is 0 Å². The van der Waals surface area contributed by atoms with E-state index < -0.39 is 17.5 Å². The van der Waals surface area contributed by atoms with Gasteiger partial charge < -0.3 is 15.0 Å². The van der Waals surface area contributed by atoms with E-state index in [1.54, 1.807) is 7.11 Å². The average molecular weight is 428 g/mol. The van der Waals surface area contributed by atoms with Gasteiger partial charge in [-0.15, -0.1) is 0 Å². The predicted octanol–water partition coefficient (Wildman–Crippen LogP) is 3.17. The van der Waals surface area contributed by atoms with Gasteiger partial charge in [-0.1, -0.05) is 60.9 Å². The van der Waals surface area contributed by atoms with E-state index >= 15 is 0 Å². The minimum absolute atomic E-state index is 0.0321. The van der Waals surface area contributed by atoms with Crippen molar-refractivity contribution < 1.29 is 19.1 Å². The molecule has 0 aromatic rings. The van der Waals surface area contributed by atoms with Crippen LogP contribution in [0.1, 0.15) is 40.0 Å². The number of hydrogen-bond donors (Lipinski definition) is 2. The van der Waals surface area contributed by atoms with E-state index in [1.165, 1.54) is 10.5 Å². The molecule has 4 amide bonds. The van der Waals surface area contributed by atoms with Gasteiger partial charge in [0.05, 0.1) is 13.2 Å². The zero-order valence-electron chi connectivity index (χ0n) is 18.9. The second-order valence-corrected chi connectivity index (χ2v) is 7.91. The zero-order chi connectivity index (χ0) is 22.9. The van der Waals surface area contributed by atoms with E-state index in [9.17, 15) is 14.4 Å². The van der Waals surface area contributed by atoms with Gasteiger partial charge in [0.15, 0.2) is 5.54 Å². The van der Waals surface area contributed by atoms with Crippen LogP contribution in [0, 0.1) is 0 Å². The van der Waals surface area contributed by atoms with Gasteiger partial charge in [-0.2, -0.15) is 0 Å². The molecular weight excluding hydrogens is 394 g/mol. The number of allylic oxidation sites excluding steroid dienone is 5. The number of nitrogens with zero attached hydrogens (tertiary/aromatic N) is 1. The Bertz CT molecular complexity index is 851. The van der Waals surface area contributed by atoms with Gasteiger partial charge in [0.1, 0.15) is 0 Å². The van der Waals surface area contributed by atoms with Gasteiger partial charge in [0.2, 0.25) is 6.41 Å². The Balaban J connectivity index is 2.36. The van der Waals surface area contributed by atoms with Crippen molar-refractivity contribution in [1.82, 2.24) is 15.5 Å². The van der Waals surface area contributed by atoms with Crippen LogP contribution in [-0.2, 0) is 14.3 Å². The van der Waals surface area contributed by atoms with Gasteiger partial charge in [-0.05, 0) is 37.8 Å². The predicted molar refractivity (Wildman–Crippen MR) is 121 cm³/mol. The summed E-state index contributed by atoms with van der Waals surface area (Å²) >= 11 is 0. The largest absolute Gasteiger partial charge is 0.381 e. The fraction of sp³-hybridized carbons (Fsp3) is 0.458. The van der Waals surface area contributed by atoms with Crippen molar-refractivity contribution in [2.75, 3.05) is 26.8 Å². The third-order valence-electron chi connectivity index (χ3n) is 5.46. The normalized spacial score (nSPS) is 21.8. The molecule has 1 aliphatic heterocycles. The van der Waals surface area contributed by atoms with Crippen LogP contribution in [0.25, 0.3) is 0 Å². The van der Waals surface area contributed by atoms with E-state index in [4.69, 9.17) is 4.74 Å². The number of urea groups is 1. The molecule has 1 aliphatic carbocycles. The van der Waals surface area contributed by atoms with Crippen molar-refractivity contribution in [2.45, 2.75) is 45.6 Å². The summed E-state index contributed by atoms with van der Waals surface area (Å²) in [7, 11) is 1.63. The molecular formula is C24H33N3O4. The lowest BCUT2D eigenvalue weighted by molar-refractivity contribution is -0.125. The molecule has 0 spiro atoms. The molecule has 0 radical (unpaired) electrons. The van der Waals surface area contributed by atoms with E-state index in [1.807, 2.05) is 50.3 Å². The molecule has 7 nitrogen and oxygen atoms in total. The number of methoxy groups -OCH3 is 1. The Labute approximate surface area is 184 Å². The van der Waals surface area contributed by atoms with Gasteiger partial charge in [0, 0.05) is 13.7 Å². The molecule has 0 bridgehead atoms. The standard InChI is InChI=1S/C24H33N3O4/c1-5-8-19(3)20(10-7-14-31-4)15-27(17-28)16-24(22(29)25-23(30)26-24)21-11-6-9-18(2)12-13-21/h7,9-13,17H,5-6,8,14-16H2,1-4H3,(H2,25,26,29,30)/b10-7-,20-19+. The quantitative estimate of drug-likeness (QED) is 0.301. The number of hydrogen-bond acceptors (Lipinski definition) is 4. The van der Waals surface area contributed by atoms with Crippen molar-refractivity contribution in [3.05, 3.63) is 58.7 Å². The number of carbonyl (C=O) groups is 3. The van der Waals surface area contributed by atoms with Crippen LogP contribution < -0.4 is 10.6 Å². The van der Waals surface area contributed by atoms with Crippen molar-refractivity contribution in [3.63, 3.8) is 0 Å². The first kappa shape index (κ1) is 24.3. The smallest absolute Gasteiger partial charge is 0.322 e. The number of ether oxygens (including phenoxy) is 1. The van der Waals surface area contributed by atoms with Crippen molar-refractivity contribution >= 4 is 18.3 Å². The van der Waals surface area contributed by atoms with Crippen LogP contribution in [0.15, 0.2) is 58.7 Å². The van der Waals surface area contributed by atoms with Crippen LogP contribution in [0.3, 0.4) is 0 Å². The summed E-state index contributed by atoms with van der Waals surface area (Å²) in [6.07, 6.45) is 14.8. The maximum absolute atomic E-state index is 12.9. The van der Waals surface area contributed by atoms with E-state index in [-0.39, 0.29) is 6.54 Å². The van der Waals surface area contributed by atoms with Gasteiger partial charge in [-0.25, -0.2) is 4.79 Å². The molecule has 1 unspecified atom stereocenters. The summed E-state index contributed by atoms with van der Waals surface area (Å²) in [4.78, 5) is 38.6. The number of rotatable bonds is 11. The Morgan fingerprint density at radius 3 is 2.68 bits per heavy atom. The first-order valence-corrected chi connectivity index (χ1v) is 10.6. The molecule has 168 valence electrons. The molecule has 2 aliphatic rings. The maximum atomic E-state index is 12.9. The first-order chi connectivity index (χ1) is 14.9. The van der Waals surface area contributed by atoms with Crippen LogP contribution in [0.4, 0.5) is 4.79 Å². The molecule has 0 saturated carbocycles. The highest BCUT2D eigenvalue weighted by Gasteiger charge is 2.49. The molecule has 2 N–H and O–H groups in total. The Morgan fingerprint density at radius 1 is 1.29 bits per heavy atom. The molecule has 1 saturated heterocycles. The fourth-order valence-electron chi connectivity index (χ4n) is 3.75. The number of imide groups is 1. The molecule has 1 atom stereocenters. The minimum atomic E-state index is -1.33. The van der Waals surface area contributed by atoms with Crippen molar-refractivity contribution in [3.8, 4) is 0 Å². The zero-order valence-corrected chi connectivity index (χ0v) is 18.9. The van der Waals surface area contributed by atoms with E-state index in [2.05, 4.69) is 17.6 Å². The highest BCUT2D eigenvalue weighted by molar-refractivity contribution is 6.09. The summed E-state index contributed by atoms with van der Waals surface area (Å²) < 4.78 is 5.10. The van der Waals surface area contributed by atoms with E-state index in [0.29, 0.717) is 25.1 Å². The lowest BCUT2D eigenvalue weighted by atomic mass is 9.87. The SMILES string of the molecule is CCC/C(C)=C(\C=C/COC)CN(C=O)CC1(C2=CCC=C(C)C=C2)NC(=O)NC1=O.